The summed E-state index contributed by atoms with van der Waals surface area (Å²) in [6, 6.07) is 10.7. The quantitative estimate of drug-likeness (QED) is 0.876. The Kier molecular flexibility index (Phi) is 4.32. The topological polar surface area (TPSA) is 72.6 Å². The summed E-state index contributed by atoms with van der Waals surface area (Å²) < 4.78 is 19.0. The Labute approximate surface area is 115 Å². The molecule has 0 heterocycles. The molecule has 0 aliphatic heterocycles. The zero-order valence-corrected chi connectivity index (χ0v) is 10.7. The van der Waals surface area contributed by atoms with Gasteiger partial charge in [-0.2, -0.15) is 0 Å². The molecule has 5 heteroatoms. The molecule has 104 valence electrons. The predicted molar refractivity (Wildman–Crippen MR) is 71.6 cm³/mol. The van der Waals surface area contributed by atoms with Crippen LogP contribution in [0.1, 0.15) is 21.5 Å². The van der Waals surface area contributed by atoms with Gasteiger partial charge in [0.05, 0.1) is 6.61 Å². The van der Waals surface area contributed by atoms with Crippen molar-refractivity contribution in [3.05, 3.63) is 65.0 Å². The fraction of sp³-hybridized carbons (Fsp3) is 0.133. The highest BCUT2D eigenvalue weighted by molar-refractivity contribution is 5.92. The molecule has 0 radical (unpaired) electrons. The van der Waals surface area contributed by atoms with Crippen LogP contribution in [0.25, 0.3) is 0 Å². The molecule has 0 fully saturated rings. The first-order chi connectivity index (χ1) is 9.60. The Hall–Kier alpha value is -2.40. The number of amides is 1. The minimum atomic E-state index is -0.612. The highest BCUT2D eigenvalue weighted by atomic mass is 19.1. The van der Waals surface area contributed by atoms with Gasteiger partial charge in [-0.05, 0) is 35.9 Å². The largest absolute Gasteiger partial charge is 0.489 e. The van der Waals surface area contributed by atoms with Gasteiger partial charge < -0.3 is 15.6 Å². The summed E-state index contributed by atoms with van der Waals surface area (Å²) in [5, 5.41) is 8.92. The Morgan fingerprint density at radius 1 is 1.20 bits per heavy atom. The van der Waals surface area contributed by atoms with Crippen LogP contribution in [0.2, 0.25) is 0 Å². The van der Waals surface area contributed by atoms with Crippen LogP contribution >= 0.6 is 0 Å². The van der Waals surface area contributed by atoms with Crippen LogP contribution in [-0.2, 0) is 13.2 Å². The molecular formula is C15H14FNO3. The lowest BCUT2D eigenvalue weighted by molar-refractivity contribution is 0.1000. The Bertz CT molecular complexity index is 611. The third-order valence-electron chi connectivity index (χ3n) is 2.83. The highest BCUT2D eigenvalue weighted by Crippen LogP contribution is 2.16. The van der Waals surface area contributed by atoms with Gasteiger partial charge in [0, 0.05) is 11.1 Å². The molecule has 3 N–H and O–H groups in total. The van der Waals surface area contributed by atoms with Gasteiger partial charge >= 0.3 is 0 Å². The van der Waals surface area contributed by atoms with Crippen molar-refractivity contribution >= 4 is 5.91 Å². The molecule has 0 atom stereocenters. The van der Waals surface area contributed by atoms with E-state index >= 15 is 0 Å². The number of primary amides is 1. The van der Waals surface area contributed by atoms with Crippen LogP contribution in [0.4, 0.5) is 4.39 Å². The summed E-state index contributed by atoms with van der Waals surface area (Å²) in [5.74, 6) is -0.522. The van der Waals surface area contributed by atoms with E-state index < -0.39 is 11.7 Å². The molecule has 2 aromatic carbocycles. The van der Waals surface area contributed by atoms with Crippen LogP contribution in [-0.4, -0.2) is 11.0 Å². The lowest BCUT2D eigenvalue weighted by atomic mass is 10.1. The van der Waals surface area contributed by atoms with Gasteiger partial charge in [-0.1, -0.05) is 12.1 Å². The number of hydrogen-bond acceptors (Lipinski definition) is 3. The van der Waals surface area contributed by atoms with Crippen LogP contribution in [0.5, 0.6) is 5.75 Å². The first kappa shape index (κ1) is 14.0. The maximum Gasteiger partial charge on any atom is 0.248 e. The van der Waals surface area contributed by atoms with Gasteiger partial charge in [-0.25, -0.2) is 4.39 Å². The van der Waals surface area contributed by atoms with Crippen molar-refractivity contribution in [2.75, 3.05) is 0 Å². The van der Waals surface area contributed by atoms with E-state index in [4.69, 9.17) is 15.6 Å². The molecule has 0 unspecified atom stereocenters. The van der Waals surface area contributed by atoms with Crippen molar-refractivity contribution in [3.63, 3.8) is 0 Å². The van der Waals surface area contributed by atoms with Crippen molar-refractivity contribution in [1.29, 1.82) is 0 Å². The van der Waals surface area contributed by atoms with Crippen LogP contribution in [0.3, 0.4) is 0 Å². The van der Waals surface area contributed by atoms with Crippen molar-refractivity contribution in [2.45, 2.75) is 13.2 Å². The molecule has 0 aliphatic carbocycles. The number of benzene rings is 2. The van der Waals surface area contributed by atoms with E-state index in [2.05, 4.69) is 0 Å². The number of halogens is 1. The lowest BCUT2D eigenvalue weighted by Gasteiger charge is -2.08. The molecular weight excluding hydrogens is 261 g/mol. The number of aliphatic hydroxyl groups excluding tert-OH is 1. The normalized spacial score (nSPS) is 10.3. The second-order valence-electron chi connectivity index (χ2n) is 4.26. The molecule has 4 nitrogen and oxygen atoms in total. The minimum Gasteiger partial charge on any atom is -0.489 e. The third-order valence-corrected chi connectivity index (χ3v) is 2.83. The monoisotopic (exact) mass is 275 g/mol. The van der Waals surface area contributed by atoms with Gasteiger partial charge in [0.15, 0.2) is 0 Å². The number of carbonyl (C=O) groups excluding carboxylic acids is 1. The van der Waals surface area contributed by atoms with Crippen molar-refractivity contribution < 1.29 is 19.0 Å². The van der Waals surface area contributed by atoms with Gasteiger partial charge in [0.1, 0.15) is 18.2 Å². The van der Waals surface area contributed by atoms with Gasteiger partial charge in [0.2, 0.25) is 5.91 Å². The maximum absolute atomic E-state index is 13.6. The second kappa shape index (κ2) is 6.16. The third kappa shape index (κ3) is 3.33. The number of rotatable bonds is 5. The van der Waals surface area contributed by atoms with Crippen molar-refractivity contribution in [3.8, 4) is 5.75 Å². The van der Waals surface area contributed by atoms with Gasteiger partial charge in [-0.3, -0.25) is 4.79 Å². The summed E-state index contributed by atoms with van der Waals surface area (Å²) in [6.45, 7) is -0.0546. The predicted octanol–water partition coefficient (Wildman–Crippen LogP) is 2.00. The standard InChI is InChI=1S/C15H14FNO3/c16-14-6-3-11(15(17)19)7-12(14)9-20-13-4-1-10(8-18)2-5-13/h1-7,18H,8-9H2,(H2,17,19). The lowest BCUT2D eigenvalue weighted by Crippen LogP contribution is -2.12. The number of nitrogens with two attached hydrogens (primary N) is 1. The summed E-state index contributed by atoms with van der Waals surface area (Å²) in [5.41, 5.74) is 6.40. The summed E-state index contributed by atoms with van der Waals surface area (Å²) in [7, 11) is 0. The first-order valence-corrected chi connectivity index (χ1v) is 6.01. The smallest absolute Gasteiger partial charge is 0.248 e. The average Bonchev–Trinajstić information content (AvgIpc) is 2.46. The van der Waals surface area contributed by atoms with Gasteiger partial charge in [-0.15, -0.1) is 0 Å². The summed E-state index contributed by atoms with van der Waals surface area (Å²) in [6.07, 6.45) is 0. The maximum atomic E-state index is 13.6. The number of aliphatic hydroxyl groups is 1. The SMILES string of the molecule is NC(=O)c1ccc(F)c(COc2ccc(CO)cc2)c1. The molecule has 0 bridgehead atoms. The van der Waals surface area contributed by atoms with Crippen LogP contribution < -0.4 is 10.5 Å². The molecule has 2 rings (SSSR count). The average molecular weight is 275 g/mol. The Balaban J connectivity index is 2.09. The molecule has 20 heavy (non-hydrogen) atoms. The molecule has 0 saturated carbocycles. The zero-order valence-electron chi connectivity index (χ0n) is 10.7. The summed E-state index contributed by atoms with van der Waals surface area (Å²) >= 11 is 0. The fourth-order valence-corrected chi connectivity index (χ4v) is 1.69. The number of ether oxygens (including phenoxy) is 1. The summed E-state index contributed by atoms with van der Waals surface area (Å²) in [4.78, 5) is 11.0. The molecule has 0 spiro atoms. The van der Waals surface area contributed by atoms with E-state index in [9.17, 15) is 9.18 Å². The van der Waals surface area contributed by atoms with E-state index in [1.807, 2.05) is 0 Å². The van der Waals surface area contributed by atoms with Gasteiger partial charge in [0.25, 0.3) is 0 Å². The zero-order chi connectivity index (χ0) is 14.5. The number of hydrogen-bond donors (Lipinski definition) is 2. The van der Waals surface area contributed by atoms with Crippen LogP contribution in [0.15, 0.2) is 42.5 Å². The fourth-order valence-electron chi connectivity index (χ4n) is 1.69. The van der Waals surface area contributed by atoms with E-state index in [0.717, 1.165) is 5.56 Å². The van der Waals surface area contributed by atoms with E-state index in [1.165, 1.54) is 18.2 Å². The van der Waals surface area contributed by atoms with E-state index in [0.29, 0.717) is 5.75 Å². The Morgan fingerprint density at radius 2 is 1.90 bits per heavy atom. The first-order valence-electron chi connectivity index (χ1n) is 6.01. The van der Waals surface area contributed by atoms with Crippen molar-refractivity contribution in [1.82, 2.24) is 0 Å². The second-order valence-corrected chi connectivity index (χ2v) is 4.26. The molecule has 0 aliphatic rings. The highest BCUT2D eigenvalue weighted by Gasteiger charge is 2.08. The minimum absolute atomic E-state index is 0.00851. The van der Waals surface area contributed by atoms with Crippen molar-refractivity contribution in [2.24, 2.45) is 5.73 Å². The van der Waals surface area contributed by atoms with E-state index in [1.54, 1.807) is 24.3 Å². The molecule has 2 aromatic rings. The molecule has 0 saturated heterocycles. The number of carbonyl (C=O) groups is 1. The Morgan fingerprint density at radius 3 is 2.50 bits per heavy atom. The molecule has 1 amide bonds. The molecule has 0 aromatic heterocycles. The van der Waals surface area contributed by atoms with E-state index in [-0.39, 0.29) is 24.3 Å². The van der Waals surface area contributed by atoms with Crippen LogP contribution in [0, 0.1) is 5.82 Å².